The van der Waals surface area contributed by atoms with Gasteiger partial charge in [-0.15, -0.1) is 0 Å². The molecule has 0 radical (unpaired) electrons. The summed E-state index contributed by atoms with van der Waals surface area (Å²) >= 11 is 0. The summed E-state index contributed by atoms with van der Waals surface area (Å²) in [5.41, 5.74) is 33.0. The number of para-hydroxylation sites is 10. The second-order valence-electron chi connectivity index (χ2n) is 36.2. The first-order valence-electron chi connectivity index (χ1n) is 44.2. The van der Waals surface area contributed by atoms with Crippen molar-refractivity contribution in [3.63, 3.8) is 0 Å². The topological polar surface area (TPSA) is 31.4 Å². The van der Waals surface area contributed by atoms with Gasteiger partial charge in [0.05, 0.1) is 34.1 Å². The minimum absolute atomic E-state index is 0.182. The number of nitrogens with zero attached hydrogens (tertiary/aromatic N) is 4. The molecule has 0 spiro atoms. The molecule has 0 saturated carbocycles. The normalized spacial score (nSPS) is 13.0. The van der Waals surface area contributed by atoms with Crippen LogP contribution in [0.15, 0.2) is 419 Å². The molecule has 24 rings (SSSR count). The van der Waals surface area contributed by atoms with Crippen LogP contribution in [-0.4, -0.2) is 6.71 Å². The summed E-state index contributed by atoms with van der Waals surface area (Å²) in [6.45, 7) is 13.6. The number of anilines is 12. The number of fused-ring (bicyclic) bond motifs is 14. The van der Waals surface area contributed by atoms with Crippen LogP contribution in [0.3, 0.4) is 0 Å². The molecule has 127 heavy (non-hydrogen) atoms. The van der Waals surface area contributed by atoms with Crippen LogP contribution < -0.4 is 45.5 Å². The highest BCUT2D eigenvalue weighted by Crippen LogP contribution is 2.60. The van der Waals surface area contributed by atoms with Crippen LogP contribution in [0.25, 0.3) is 121 Å². The first kappa shape index (κ1) is 75.1. The lowest BCUT2D eigenvalue weighted by molar-refractivity contribution is 0.477. The third-order valence-electron chi connectivity index (χ3n) is 26.6. The minimum Gasteiger partial charge on any atom is -0.453 e. The monoisotopic (exact) mass is 1630 g/mol. The summed E-state index contributed by atoms with van der Waals surface area (Å²) in [7, 11) is 0. The zero-order chi connectivity index (χ0) is 84.9. The molecule has 0 aliphatic carbocycles. The molecule has 6 nitrogen and oxygen atoms in total. The van der Waals surface area contributed by atoms with Crippen LogP contribution in [0.1, 0.15) is 52.7 Å². The number of hydrogen-bond acceptors (Lipinski definition) is 6. The Morgan fingerprint density at radius 2 is 0.528 bits per heavy atom. The zero-order valence-electron chi connectivity index (χ0n) is 71.5. The molecular weight excluding hydrogens is 1540 g/mol. The summed E-state index contributed by atoms with van der Waals surface area (Å²) in [6.07, 6.45) is 0. The van der Waals surface area contributed by atoms with Crippen molar-refractivity contribution in [2.75, 3.05) is 19.6 Å². The van der Waals surface area contributed by atoms with E-state index in [9.17, 15) is 0 Å². The summed E-state index contributed by atoms with van der Waals surface area (Å²) in [4.78, 5) is 10.3. The van der Waals surface area contributed by atoms with Gasteiger partial charge in [-0.05, 0) is 252 Å². The third kappa shape index (κ3) is 12.5. The summed E-state index contributed by atoms with van der Waals surface area (Å²) in [5, 5.41) is 9.42. The fourth-order valence-electron chi connectivity index (χ4n) is 20.6. The van der Waals surface area contributed by atoms with Crippen LogP contribution in [0.4, 0.5) is 68.2 Å². The number of rotatable bonds is 11. The van der Waals surface area contributed by atoms with Crippen LogP contribution in [0.2, 0.25) is 0 Å². The Labute approximate surface area is 741 Å². The number of benzene rings is 20. The predicted octanol–water partition coefficient (Wildman–Crippen LogP) is 31.8. The highest BCUT2D eigenvalue weighted by atomic mass is 16.5. The summed E-state index contributed by atoms with van der Waals surface area (Å²) in [5.74, 6) is 3.12. The van der Waals surface area contributed by atoms with Crippen molar-refractivity contribution in [1.82, 2.24) is 0 Å². The van der Waals surface area contributed by atoms with E-state index >= 15 is 0 Å². The Bertz CT molecular complexity index is 7550. The molecule has 20 aromatic rings. The Morgan fingerprint density at radius 3 is 0.937 bits per heavy atom. The molecule has 0 unspecified atom stereocenters. The zero-order valence-corrected chi connectivity index (χ0v) is 71.5. The predicted molar refractivity (Wildman–Crippen MR) is 535 cm³/mol. The first-order chi connectivity index (χ1) is 62.3. The Morgan fingerprint density at radius 1 is 0.205 bits per heavy atom. The van der Waals surface area contributed by atoms with Crippen molar-refractivity contribution in [2.24, 2.45) is 0 Å². The second-order valence-corrected chi connectivity index (χ2v) is 36.2. The standard InChI is InChI=1S/C120H87BN4O2/c1-119(2,3)86-41-29-39-78(68-86)92-49-31-50-93(79-40-30-42-87(69-79)120(4,5)6)117(92)124-108-74-88(122-104-53-21-25-57-112(104)126-113-58-26-22-54-105(113)122)61-63-102(108)121-103-64-62-89(123-106-55-23-27-59-114(106)127-115-60-28-24-56-107(115)123)75-109(103)125(111-73-85(72-110(124)116(111)121)84-66-82(76-33-9-7-10-34-76)65-83(67-84)77-35-11-8-12-36-77)118-98(100-70-80-37-13-15-43-90(80)94-45-17-19-47-96(94)100)51-32-52-99(118)101-71-81-38-14-16-44-91(81)95-46-18-20-48-97(95)101/h7-75H,1-6H3. The Balaban J connectivity index is 0.908. The molecule has 0 amide bonds. The van der Waals surface area contributed by atoms with E-state index in [0.717, 1.165) is 207 Å². The van der Waals surface area contributed by atoms with E-state index in [1.807, 2.05) is 0 Å². The molecule has 4 aliphatic heterocycles. The maximum absolute atomic E-state index is 6.95. The molecule has 0 N–H and O–H groups in total. The van der Waals surface area contributed by atoms with Crippen molar-refractivity contribution in [2.45, 2.75) is 52.4 Å². The Kier molecular flexibility index (Phi) is 17.4. The van der Waals surface area contributed by atoms with Crippen molar-refractivity contribution in [3.8, 4) is 101 Å². The maximum atomic E-state index is 6.95. The van der Waals surface area contributed by atoms with Gasteiger partial charge in [0.15, 0.2) is 23.0 Å². The van der Waals surface area contributed by atoms with E-state index in [4.69, 9.17) is 9.47 Å². The molecule has 4 aliphatic rings. The highest BCUT2D eigenvalue weighted by Gasteiger charge is 2.47. The van der Waals surface area contributed by atoms with Crippen molar-refractivity contribution < 1.29 is 9.47 Å². The van der Waals surface area contributed by atoms with Gasteiger partial charge in [0.25, 0.3) is 6.71 Å². The van der Waals surface area contributed by atoms with E-state index in [1.54, 1.807) is 0 Å². The van der Waals surface area contributed by atoms with Crippen molar-refractivity contribution in [1.29, 1.82) is 0 Å². The van der Waals surface area contributed by atoms with Gasteiger partial charge < -0.3 is 29.1 Å². The molecule has 0 fully saturated rings. The van der Waals surface area contributed by atoms with Gasteiger partial charge in [-0.3, -0.25) is 0 Å². The third-order valence-corrected chi connectivity index (χ3v) is 26.6. The van der Waals surface area contributed by atoms with Crippen LogP contribution in [-0.2, 0) is 10.8 Å². The van der Waals surface area contributed by atoms with Gasteiger partial charge in [-0.1, -0.05) is 345 Å². The van der Waals surface area contributed by atoms with E-state index in [2.05, 4.69) is 480 Å². The van der Waals surface area contributed by atoms with Gasteiger partial charge in [0.1, 0.15) is 0 Å². The lowest BCUT2D eigenvalue weighted by Crippen LogP contribution is -2.61. The largest absolute Gasteiger partial charge is 0.453 e. The average Bonchev–Trinajstić information content (AvgIpc) is 0.682. The SMILES string of the molecule is CC(C)(C)c1cccc(-c2cccc(-c3cccc(C(C)(C)C)c3)c2N2c3cc(N4c5ccccc5Oc5ccccc54)ccc3B3c4ccc(N5c6ccccc6Oc6ccccc65)cc4N(c4c(-c5cc6ccccc6c6ccccc56)cccc4-c4cc5ccccc5c5ccccc45)c4cc(-c5cc(-c6ccccc6)cc(-c6ccccc6)c5)cc2c43)c1. The quantitative estimate of drug-likeness (QED) is 0.0948. The smallest absolute Gasteiger partial charge is 0.252 e. The van der Waals surface area contributed by atoms with Crippen molar-refractivity contribution in [3.05, 3.63) is 430 Å². The summed E-state index contributed by atoms with van der Waals surface area (Å²) < 4.78 is 13.9. The lowest BCUT2D eigenvalue weighted by Gasteiger charge is -2.46. The second kappa shape index (κ2) is 29.5. The van der Waals surface area contributed by atoms with E-state index < -0.39 is 6.71 Å². The fourth-order valence-corrected chi connectivity index (χ4v) is 20.6. The Hall–Kier alpha value is -15.7. The van der Waals surface area contributed by atoms with Gasteiger partial charge in [0.2, 0.25) is 0 Å². The van der Waals surface area contributed by atoms with Crippen LogP contribution in [0.5, 0.6) is 23.0 Å². The van der Waals surface area contributed by atoms with Crippen molar-refractivity contribution >= 4 is 134 Å². The molecule has 0 bridgehead atoms. The van der Waals surface area contributed by atoms with Crippen LogP contribution >= 0.6 is 0 Å². The van der Waals surface area contributed by atoms with E-state index in [-0.39, 0.29) is 10.8 Å². The minimum atomic E-state index is -0.411. The molecular formula is C120H87BN4O2. The van der Waals surface area contributed by atoms with Crippen LogP contribution in [0, 0.1) is 0 Å². The van der Waals surface area contributed by atoms with Gasteiger partial charge in [-0.25, -0.2) is 0 Å². The first-order valence-corrected chi connectivity index (χ1v) is 44.2. The fraction of sp³-hybridized carbons (Fsp3) is 0.0667. The van der Waals surface area contributed by atoms with Gasteiger partial charge in [0, 0.05) is 56.4 Å². The average molecular weight is 1630 g/mol. The van der Waals surface area contributed by atoms with Gasteiger partial charge >= 0.3 is 0 Å². The van der Waals surface area contributed by atoms with E-state index in [1.165, 1.54) is 32.7 Å². The molecule has 602 valence electrons. The highest BCUT2D eigenvalue weighted by molar-refractivity contribution is 7.00. The molecule has 4 heterocycles. The maximum Gasteiger partial charge on any atom is 0.252 e. The molecule has 0 aromatic heterocycles. The number of ether oxygens (including phenoxy) is 2. The lowest BCUT2D eigenvalue weighted by atomic mass is 9.33. The number of hydrogen-bond donors (Lipinski definition) is 0. The molecule has 20 aromatic carbocycles. The van der Waals surface area contributed by atoms with E-state index in [0.29, 0.717) is 0 Å². The van der Waals surface area contributed by atoms with Gasteiger partial charge in [-0.2, -0.15) is 0 Å². The summed E-state index contributed by atoms with van der Waals surface area (Å²) in [6, 6.07) is 157. The molecule has 0 saturated heterocycles. The molecule has 0 atom stereocenters. The molecule has 7 heteroatoms.